The van der Waals surface area contributed by atoms with Gasteiger partial charge in [-0.3, -0.25) is 0 Å². The number of anilines is 1. The summed E-state index contributed by atoms with van der Waals surface area (Å²) in [6.07, 6.45) is 2.66. The first-order valence-electron chi connectivity index (χ1n) is 8.42. The van der Waals surface area contributed by atoms with E-state index < -0.39 is 6.10 Å². The number of hydrogen-bond acceptors (Lipinski definition) is 7. The minimum atomic E-state index is -0.437. The van der Waals surface area contributed by atoms with E-state index >= 15 is 0 Å². The Morgan fingerprint density at radius 2 is 2.00 bits per heavy atom. The molecule has 0 spiro atoms. The molecule has 5 nitrogen and oxygen atoms in total. The van der Waals surface area contributed by atoms with Gasteiger partial charge in [-0.05, 0) is 29.9 Å². The van der Waals surface area contributed by atoms with Gasteiger partial charge in [-0.25, -0.2) is 15.0 Å². The summed E-state index contributed by atoms with van der Waals surface area (Å²) in [5.74, 6) is 0.752. The smallest absolute Gasteiger partial charge is 0.156 e. The van der Waals surface area contributed by atoms with Crippen LogP contribution in [0.3, 0.4) is 0 Å². The Hall–Kier alpha value is -2.35. The fraction of sp³-hybridized carbons (Fsp3) is 0.211. The van der Waals surface area contributed by atoms with Crippen LogP contribution in [0.25, 0.3) is 20.9 Å². The minimum absolute atomic E-state index is 0.437. The van der Waals surface area contributed by atoms with Crippen LogP contribution in [0, 0.1) is 0 Å². The number of benzene rings is 1. The molecule has 0 saturated carbocycles. The molecule has 0 saturated heterocycles. The maximum absolute atomic E-state index is 10.2. The molecule has 2 N–H and O–H groups in total. The molecular weight excluding hydrogens is 364 g/mol. The van der Waals surface area contributed by atoms with Crippen molar-refractivity contribution in [3.8, 4) is 10.6 Å². The third-order valence-electron chi connectivity index (χ3n) is 4.09. The molecule has 26 heavy (non-hydrogen) atoms. The van der Waals surface area contributed by atoms with Gasteiger partial charge < -0.3 is 10.4 Å². The molecule has 132 valence electrons. The summed E-state index contributed by atoms with van der Waals surface area (Å²) in [7, 11) is 0. The van der Waals surface area contributed by atoms with Crippen LogP contribution >= 0.6 is 22.7 Å². The van der Waals surface area contributed by atoms with Crippen molar-refractivity contribution in [1.29, 1.82) is 0 Å². The monoisotopic (exact) mass is 382 g/mol. The summed E-state index contributed by atoms with van der Waals surface area (Å²) in [5.41, 5.74) is 2.88. The highest BCUT2D eigenvalue weighted by atomic mass is 32.1. The lowest BCUT2D eigenvalue weighted by Gasteiger charge is -2.11. The van der Waals surface area contributed by atoms with Gasteiger partial charge >= 0.3 is 0 Å². The van der Waals surface area contributed by atoms with Gasteiger partial charge in [-0.2, -0.15) is 11.3 Å². The molecule has 7 heteroatoms. The van der Waals surface area contributed by atoms with E-state index in [1.54, 1.807) is 29.0 Å². The number of thiophene rings is 1. The van der Waals surface area contributed by atoms with E-state index in [1.165, 1.54) is 0 Å². The van der Waals surface area contributed by atoms with Crippen LogP contribution in [-0.2, 0) is 0 Å². The predicted molar refractivity (Wildman–Crippen MR) is 108 cm³/mol. The van der Waals surface area contributed by atoms with E-state index in [0.29, 0.717) is 6.42 Å². The molecule has 0 fully saturated rings. The molecule has 4 aromatic rings. The number of hydrogen-bond donors (Lipinski definition) is 2. The zero-order valence-corrected chi connectivity index (χ0v) is 15.6. The van der Waals surface area contributed by atoms with Gasteiger partial charge in [0.2, 0.25) is 0 Å². The first-order chi connectivity index (χ1) is 12.8. The molecule has 0 aliphatic carbocycles. The summed E-state index contributed by atoms with van der Waals surface area (Å²) in [6.45, 7) is 0.724. The fourth-order valence-electron chi connectivity index (χ4n) is 2.74. The van der Waals surface area contributed by atoms with Crippen molar-refractivity contribution in [2.75, 3.05) is 11.9 Å². The van der Waals surface area contributed by atoms with Gasteiger partial charge in [0.25, 0.3) is 0 Å². The first-order valence-corrected chi connectivity index (χ1v) is 10.2. The Kier molecular flexibility index (Phi) is 5.19. The second-order valence-corrected chi connectivity index (χ2v) is 7.66. The number of aromatic nitrogens is 3. The Balaban J connectivity index is 1.40. The van der Waals surface area contributed by atoms with Crippen LogP contribution in [0.1, 0.15) is 24.5 Å². The lowest BCUT2D eigenvalue weighted by molar-refractivity contribution is 0.166. The quantitative estimate of drug-likeness (QED) is 0.452. The molecule has 1 unspecified atom stereocenters. The van der Waals surface area contributed by atoms with E-state index in [0.717, 1.165) is 45.3 Å². The molecule has 0 radical (unpaired) electrons. The van der Waals surface area contributed by atoms with Gasteiger partial charge in [-0.15, -0.1) is 0 Å². The molecular formula is C19H18N4OS2. The summed E-state index contributed by atoms with van der Waals surface area (Å²) in [6, 6.07) is 11.8. The second kappa shape index (κ2) is 7.90. The topological polar surface area (TPSA) is 70.9 Å². The van der Waals surface area contributed by atoms with Gasteiger partial charge in [0, 0.05) is 17.5 Å². The average Bonchev–Trinajstić information content (AvgIpc) is 3.35. The number of aliphatic hydroxyl groups is 1. The van der Waals surface area contributed by atoms with Crippen molar-refractivity contribution in [2.24, 2.45) is 0 Å². The van der Waals surface area contributed by atoms with Crippen molar-refractivity contribution < 1.29 is 5.11 Å². The highest BCUT2D eigenvalue weighted by molar-refractivity contribution is 7.21. The summed E-state index contributed by atoms with van der Waals surface area (Å²) in [5, 5.41) is 18.7. The lowest BCUT2D eigenvalue weighted by atomic mass is 10.1. The van der Waals surface area contributed by atoms with E-state index in [4.69, 9.17) is 4.98 Å². The van der Waals surface area contributed by atoms with Crippen molar-refractivity contribution in [3.05, 3.63) is 59.0 Å². The standard InChI is InChI=1S/C19H18N4OS2/c24-15(13-5-2-1-3-6-13)7-4-9-20-17-16-19(22-12-21-17)26-18(23-16)14-8-10-25-11-14/h1-3,5-6,8,10-12,15,24H,4,7,9H2,(H,20,21,22). The third-order valence-corrected chi connectivity index (χ3v) is 5.79. The average molecular weight is 383 g/mol. The molecule has 0 aliphatic rings. The number of nitrogens with one attached hydrogen (secondary N) is 1. The number of rotatable bonds is 7. The van der Waals surface area contributed by atoms with E-state index in [2.05, 4.69) is 26.7 Å². The minimum Gasteiger partial charge on any atom is -0.388 e. The van der Waals surface area contributed by atoms with Crippen LogP contribution in [0.2, 0.25) is 0 Å². The zero-order valence-electron chi connectivity index (χ0n) is 14.0. The highest BCUT2D eigenvalue weighted by Crippen LogP contribution is 2.32. The number of nitrogens with zero attached hydrogens (tertiary/aromatic N) is 3. The van der Waals surface area contributed by atoms with Crippen LogP contribution < -0.4 is 5.32 Å². The molecule has 0 amide bonds. The Morgan fingerprint density at radius 1 is 1.12 bits per heavy atom. The Bertz CT molecular complexity index is 970. The predicted octanol–water partition coefficient (Wildman–Crippen LogP) is 4.74. The van der Waals surface area contributed by atoms with Gasteiger partial charge in [0.1, 0.15) is 21.7 Å². The Labute approximate surface area is 159 Å². The molecule has 3 aromatic heterocycles. The molecule has 1 aromatic carbocycles. The van der Waals surface area contributed by atoms with E-state index in [9.17, 15) is 5.11 Å². The van der Waals surface area contributed by atoms with Crippen molar-refractivity contribution in [1.82, 2.24) is 15.0 Å². The van der Waals surface area contributed by atoms with Gasteiger partial charge in [0.15, 0.2) is 5.82 Å². The summed E-state index contributed by atoms with van der Waals surface area (Å²) < 4.78 is 0. The van der Waals surface area contributed by atoms with Crippen molar-refractivity contribution in [2.45, 2.75) is 18.9 Å². The number of aliphatic hydroxyl groups excluding tert-OH is 1. The molecule has 3 heterocycles. The van der Waals surface area contributed by atoms with Crippen LogP contribution in [0.4, 0.5) is 5.82 Å². The van der Waals surface area contributed by atoms with Crippen molar-refractivity contribution >= 4 is 38.8 Å². The largest absolute Gasteiger partial charge is 0.388 e. The number of thiazole rings is 1. The SMILES string of the molecule is OC(CCCNc1ncnc2sc(-c3ccsc3)nc12)c1ccccc1. The van der Waals surface area contributed by atoms with Crippen LogP contribution in [-0.4, -0.2) is 26.6 Å². The number of fused-ring (bicyclic) bond motifs is 1. The highest BCUT2D eigenvalue weighted by Gasteiger charge is 2.12. The first kappa shape index (κ1) is 17.1. The Morgan fingerprint density at radius 3 is 2.81 bits per heavy atom. The van der Waals surface area contributed by atoms with Gasteiger partial charge in [0.05, 0.1) is 6.10 Å². The lowest BCUT2D eigenvalue weighted by Crippen LogP contribution is -2.06. The molecule has 0 aliphatic heterocycles. The van der Waals surface area contributed by atoms with E-state index in [-0.39, 0.29) is 0 Å². The zero-order chi connectivity index (χ0) is 17.8. The third kappa shape index (κ3) is 3.75. The molecule has 1 atom stereocenters. The summed E-state index contributed by atoms with van der Waals surface area (Å²) >= 11 is 3.23. The maximum atomic E-state index is 10.2. The van der Waals surface area contributed by atoms with Gasteiger partial charge in [-0.1, -0.05) is 41.7 Å². The fourth-order valence-corrected chi connectivity index (χ4v) is 4.36. The molecule has 0 bridgehead atoms. The maximum Gasteiger partial charge on any atom is 0.156 e. The van der Waals surface area contributed by atoms with Crippen LogP contribution in [0.15, 0.2) is 53.5 Å². The summed E-state index contributed by atoms with van der Waals surface area (Å²) in [4.78, 5) is 14.3. The second-order valence-electron chi connectivity index (χ2n) is 5.90. The molecule has 4 rings (SSSR count). The van der Waals surface area contributed by atoms with Crippen LogP contribution in [0.5, 0.6) is 0 Å². The van der Waals surface area contributed by atoms with Crippen molar-refractivity contribution in [3.63, 3.8) is 0 Å². The normalized spacial score (nSPS) is 12.3. The van der Waals surface area contributed by atoms with E-state index in [1.807, 2.05) is 35.7 Å².